The van der Waals surface area contributed by atoms with Crippen molar-refractivity contribution in [2.45, 2.75) is 32.7 Å². The Balaban J connectivity index is 0.000000211. The summed E-state index contributed by atoms with van der Waals surface area (Å²) in [6.45, 7) is 0.822. The maximum atomic E-state index is 11.2. The van der Waals surface area contributed by atoms with Crippen LogP contribution in [-0.2, 0) is 13.1 Å². The second-order valence-electron chi connectivity index (χ2n) is 11.6. The van der Waals surface area contributed by atoms with Crippen molar-refractivity contribution in [1.29, 1.82) is 0 Å². The van der Waals surface area contributed by atoms with E-state index in [4.69, 9.17) is 14.9 Å². The first kappa shape index (κ1) is 39.6. The molecule has 0 fully saturated rings. The summed E-state index contributed by atoms with van der Waals surface area (Å²) in [6.07, 6.45) is 0. The lowest BCUT2D eigenvalue weighted by molar-refractivity contribution is -0.384. The lowest BCUT2D eigenvalue weighted by atomic mass is 10.1. The van der Waals surface area contributed by atoms with Gasteiger partial charge in [0.15, 0.2) is 11.5 Å². The SMILES string of the molecule is COc1ccc(Sc2ccccc2CNc2cccc(C(=O)O)c2O)cc1.O=C(O)c1cccc(NCc2ccccc2Sc2ccc([N+](=O)[O-])cc2)c1O. The lowest BCUT2D eigenvalue weighted by Gasteiger charge is -2.13. The maximum absolute atomic E-state index is 11.2. The predicted molar refractivity (Wildman–Crippen MR) is 212 cm³/mol. The highest BCUT2D eigenvalue weighted by atomic mass is 32.2. The average Bonchev–Trinajstić information content (AvgIpc) is 3.18. The highest BCUT2D eigenvalue weighted by Crippen LogP contribution is 2.35. The van der Waals surface area contributed by atoms with Crippen LogP contribution in [0.15, 0.2) is 153 Å². The molecule has 0 unspecified atom stereocenters. The number of ether oxygens (including phenoxy) is 1. The van der Waals surface area contributed by atoms with E-state index in [1.807, 2.05) is 72.8 Å². The Labute approximate surface area is 324 Å². The van der Waals surface area contributed by atoms with Crippen LogP contribution < -0.4 is 15.4 Å². The lowest BCUT2D eigenvalue weighted by Crippen LogP contribution is -2.04. The molecule has 280 valence electrons. The number of aromatic hydroxyl groups is 2. The van der Waals surface area contributed by atoms with Crippen molar-refractivity contribution in [3.63, 3.8) is 0 Å². The van der Waals surface area contributed by atoms with Crippen LogP contribution in [0.3, 0.4) is 0 Å². The van der Waals surface area contributed by atoms with Crippen LogP contribution in [0.5, 0.6) is 17.2 Å². The van der Waals surface area contributed by atoms with Crippen molar-refractivity contribution >= 4 is 52.5 Å². The number of aromatic carboxylic acids is 2. The van der Waals surface area contributed by atoms with Gasteiger partial charge in [0.05, 0.1) is 23.4 Å². The normalized spacial score (nSPS) is 10.4. The van der Waals surface area contributed by atoms with Crippen molar-refractivity contribution in [1.82, 2.24) is 0 Å². The number of para-hydroxylation sites is 2. The Morgan fingerprint density at radius 3 is 1.44 bits per heavy atom. The topological polar surface area (TPSA) is 191 Å². The summed E-state index contributed by atoms with van der Waals surface area (Å²) in [5, 5.41) is 55.4. The van der Waals surface area contributed by atoms with Gasteiger partial charge in [-0.15, -0.1) is 0 Å². The minimum atomic E-state index is -1.20. The highest BCUT2D eigenvalue weighted by molar-refractivity contribution is 7.99. The first-order valence-corrected chi connectivity index (χ1v) is 18.2. The summed E-state index contributed by atoms with van der Waals surface area (Å²) < 4.78 is 5.18. The van der Waals surface area contributed by atoms with Crippen molar-refractivity contribution in [2.24, 2.45) is 0 Å². The maximum Gasteiger partial charge on any atom is 0.339 e. The number of non-ortho nitro benzene ring substituents is 1. The third-order valence-electron chi connectivity index (χ3n) is 7.98. The molecule has 0 aliphatic carbocycles. The number of rotatable bonds is 14. The number of carbonyl (C=O) groups is 2. The van der Waals surface area contributed by atoms with Crippen LogP contribution in [0.1, 0.15) is 31.8 Å². The van der Waals surface area contributed by atoms with E-state index in [-0.39, 0.29) is 28.3 Å². The summed E-state index contributed by atoms with van der Waals surface area (Å²) in [5.74, 6) is -2.12. The Bertz CT molecular complexity index is 2290. The number of nitro benzene ring substituents is 1. The van der Waals surface area contributed by atoms with E-state index in [1.54, 1.807) is 55.3 Å². The van der Waals surface area contributed by atoms with E-state index < -0.39 is 16.9 Å². The van der Waals surface area contributed by atoms with Crippen LogP contribution in [0.4, 0.5) is 17.1 Å². The molecule has 0 radical (unpaired) electrons. The van der Waals surface area contributed by atoms with Crippen LogP contribution >= 0.6 is 23.5 Å². The van der Waals surface area contributed by atoms with Crippen molar-refractivity contribution in [3.8, 4) is 17.2 Å². The quantitative estimate of drug-likeness (QED) is 0.0348. The molecule has 0 spiro atoms. The monoisotopic (exact) mass is 777 g/mol. The molecule has 0 aliphatic rings. The standard InChI is InChI=1S/C21H19NO4S.C20H16N2O5S/c1-26-15-9-11-16(12-10-15)27-19-8-3-2-5-14(19)13-22-18-7-4-6-17(20(18)23)21(24)25;23-19-16(20(24)25)5-3-6-17(19)21-12-13-4-1-2-7-18(13)28-15-10-8-14(9-11-15)22(26)27/h2-12,22-23H,13H2,1H3,(H,24,25);1-11,21,23H,12H2,(H,24,25). The van der Waals surface area contributed by atoms with Gasteiger partial charge in [-0.3, -0.25) is 10.1 Å². The summed E-state index contributed by atoms with van der Waals surface area (Å²) in [7, 11) is 1.64. The molecule has 6 N–H and O–H groups in total. The molecule has 0 atom stereocenters. The summed E-state index contributed by atoms with van der Waals surface area (Å²) in [6, 6.07) is 38.8. The molecule has 0 heterocycles. The third kappa shape index (κ3) is 10.7. The molecule has 14 heteroatoms. The van der Waals surface area contributed by atoms with Gasteiger partial charge in [0.1, 0.15) is 16.9 Å². The summed E-state index contributed by atoms with van der Waals surface area (Å²) in [5.41, 5.74) is 2.44. The zero-order valence-electron chi connectivity index (χ0n) is 29.2. The van der Waals surface area contributed by atoms with Crippen LogP contribution in [0.2, 0.25) is 0 Å². The predicted octanol–water partition coefficient (Wildman–Crippen LogP) is 9.62. The third-order valence-corrected chi connectivity index (χ3v) is 10.2. The number of hydrogen-bond donors (Lipinski definition) is 6. The largest absolute Gasteiger partial charge is 0.505 e. The van der Waals surface area contributed by atoms with E-state index in [2.05, 4.69) is 10.6 Å². The second kappa shape index (κ2) is 18.9. The van der Waals surface area contributed by atoms with E-state index in [1.165, 1.54) is 36.0 Å². The number of anilines is 2. The summed E-state index contributed by atoms with van der Waals surface area (Å²) >= 11 is 3.09. The zero-order valence-corrected chi connectivity index (χ0v) is 30.8. The minimum Gasteiger partial charge on any atom is -0.505 e. The number of hydrogen-bond acceptors (Lipinski definition) is 11. The molecule has 0 bridgehead atoms. The van der Waals surface area contributed by atoms with E-state index in [9.17, 15) is 29.9 Å². The van der Waals surface area contributed by atoms with E-state index in [0.717, 1.165) is 36.5 Å². The van der Waals surface area contributed by atoms with E-state index >= 15 is 0 Å². The van der Waals surface area contributed by atoms with Gasteiger partial charge in [-0.2, -0.15) is 0 Å². The van der Waals surface area contributed by atoms with Gasteiger partial charge in [0.2, 0.25) is 0 Å². The van der Waals surface area contributed by atoms with Gasteiger partial charge >= 0.3 is 11.9 Å². The smallest absolute Gasteiger partial charge is 0.339 e. The zero-order chi connectivity index (χ0) is 39.3. The van der Waals surface area contributed by atoms with Gasteiger partial charge in [0, 0.05) is 44.8 Å². The molecule has 55 heavy (non-hydrogen) atoms. The fourth-order valence-electron chi connectivity index (χ4n) is 5.13. The number of phenols is 2. The van der Waals surface area contributed by atoms with Gasteiger partial charge in [-0.25, -0.2) is 9.59 Å². The van der Waals surface area contributed by atoms with E-state index in [0.29, 0.717) is 24.5 Å². The second-order valence-corrected chi connectivity index (χ2v) is 13.8. The van der Waals surface area contributed by atoms with Crippen LogP contribution in [0, 0.1) is 10.1 Å². The Morgan fingerprint density at radius 1 is 0.618 bits per heavy atom. The van der Waals surface area contributed by atoms with Crippen LogP contribution in [-0.4, -0.2) is 44.4 Å². The molecular weight excluding hydrogens is 743 g/mol. The molecular formula is C41H35N3O9S2. The summed E-state index contributed by atoms with van der Waals surface area (Å²) in [4.78, 5) is 36.6. The van der Waals surface area contributed by atoms with Crippen molar-refractivity contribution in [3.05, 3.63) is 166 Å². The fraction of sp³-hybridized carbons (Fsp3) is 0.0732. The van der Waals surface area contributed by atoms with Crippen molar-refractivity contribution < 1.29 is 39.7 Å². The molecule has 0 aliphatic heterocycles. The van der Waals surface area contributed by atoms with Gasteiger partial charge < -0.3 is 35.8 Å². The van der Waals surface area contributed by atoms with Crippen LogP contribution in [0.25, 0.3) is 0 Å². The van der Waals surface area contributed by atoms with Gasteiger partial charge in [-0.1, -0.05) is 72.1 Å². The highest BCUT2D eigenvalue weighted by Gasteiger charge is 2.15. The average molecular weight is 778 g/mol. The van der Waals surface area contributed by atoms with Gasteiger partial charge in [0.25, 0.3) is 5.69 Å². The Morgan fingerprint density at radius 2 is 1.04 bits per heavy atom. The number of nitrogens with one attached hydrogen (secondary N) is 2. The number of carboxylic acids is 2. The Kier molecular flexibility index (Phi) is 13.6. The van der Waals surface area contributed by atoms with Gasteiger partial charge in [-0.05, 0) is 83.9 Å². The minimum absolute atomic E-state index is 0.0353. The molecule has 0 saturated heterocycles. The molecule has 0 saturated carbocycles. The molecule has 6 aromatic rings. The molecule has 6 rings (SSSR count). The fourth-order valence-corrected chi connectivity index (χ4v) is 7.02. The number of nitro groups is 1. The number of benzene rings is 6. The number of methoxy groups -OCH3 is 1. The number of nitrogens with zero attached hydrogens (tertiary/aromatic N) is 1. The molecule has 6 aromatic carbocycles. The molecule has 0 aromatic heterocycles. The number of carboxylic acid groups (broad SMARTS) is 2. The Hall–Kier alpha value is -6.64. The first-order chi connectivity index (χ1) is 26.5. The first-order valence-electron chi connectivity index (χ1n) is 16.5. The molecule has 12 nitrogen and oxygen atoms in total. The molecule has 0 amide bonds. The van der Waals surface area contributed by atoms with Crippen molar-refractivity contribution in [2.75, 3.05) is 17.7 Å².